The highest BCUT2D eigenvalue weighted by atomic mass is 32.2. The Hall–Kier alpha value is -1.14. The summed E-state index contributed by atoms with van der Waals surface area (Å²) in [5.41, 5.74) is 0.501. The summed E-state index contributed by atoms with van der Waals surface area (Å²) in [6.45, 7) is 5.92. The topological polar surface area (TPSA) is 71.1 Å². The maximum Gasteiger partial charge on any atom is 0.260 e. The molecule has 0 saturated carbocycles. The van der Waals surface area contributed by atoms with E-state index in [9.17, 15) is 8.42 Å². The standard InChI is InChI=1S/C12H21N3O2S/c1-5-9(2)10(3)15-18(16,17)12-11(13-4)7-6-8-14-12/h6-10,13,15H,5H2,1-4H3. The first-order chi connectivity index (χ1) is 8.42. The van der Waals surface area contributed by atoms with Crippen molar-refractivity contribution in [1.29, 1.82) is 0 Å². The Morgan fingerprint density at radius 2 is 2.06 bits per heavy atom. The highest BCUT2D eigenvalue weighted by molar-refractivity contribution is 7.89. The van der Waals surface area contributed by atoms with Gasteiger partial charge in [-0.3, -0.25) is 0 Å². The normalized spacial score (nSPS) is 15.1. The van der Waals surface area contributed by atoms with Gasteiger partial charge < -0.3 is 5.32 Å². The zero-order valence-corrected chi connectivity index (χ0v) is 12.1. The van der Waals surface area contributed by atoms with Crippen LogP contribution in [0.15, 0.2) is 23.4 Å². The second kappa shape index (κ2) is 6.15. The van der Waals surface area contributed by atoms with Crippen LogP contribution >= 0.6 is 0 Å². The minimum absolute atomic E-state index is 0.0441. The molecule has 0 aliphatic carbocycles. The van der Waals surface area contributed by atoms with Crippen LogP contribution in [-0.4, -0.2) is 26.5 Å². The molecule has 2 unspecified atom stereocenters. The first-order valence-corrected chi connectivity index (χ1v) is 7.55. The number of rotatable bonds is 6. The highest BCUT2D eigenvalue weighted by Gasteiger charge is 2.23. The van der Waals surface area contributed by atoms with Crippen molar-refractivity contribution in [2.24, 2.45) is 5.92 Å². The van der Waals surface area contributed by atoms with Crippen LogP contribution in [0.3, 0.4) is 0 Å². The molecule has 5 nitrogen and oxygen atoms in total. The molecular formula is C12H21N3O2S. The molecule has 6 heteroatoms. The predicted molar refractivity (Wildman–Crippen MR) is 73.0 cm³/mol. The molecule has 1 heterocycles. The van der Waals surface area contributed by atoms with Crippen molar-refractivity contribution < 1.29 is 8.42 Å². The van der Waals surface area contributed by atoms with Crippen LogP contribution in [-0.2, 0) is 10.0 Å². The Kier molecular flexibility index (Phi) is 5.10. The van der Waals surface area contributed by atoms with Gasteiger partial charge in [0.2, 0.25) is 0 Å². The van der Waals surface area contributed by atoms with Gasteiger partial charge in [0.1, 0.15) is 0 Å². The van der Waals surface area contributed by atoms with E-state index >= 15 is 0 Å². The van der Waals surface area contributed by atoms with Crippen molar-refractivity contribution in [3.05, 3.63) is 18.3 Å². The molecule has 1 aromatic heterocycles. The molecule has 18 heavy (non-hydrogen) atoms. The fourth-order valence-electron chi connectivity index (χ4n) is 1.57. The van der Waals surface area contributed by atoms with Crippen LogP contribution in [0, 0.1) is 5.92 Å². The summed E-state index contributed by atoms with van der Waals surface area (Å²) in [5, 5.41) is 2.88. The first-order valence-electron chi connectivity index (χ1n) is 6.07. The Balaban J connectivity index is 3.00. The summed E-state index contributed by atoms with van der Waals surface area (Å²) in [5.74, 6) is 0.279. The van der Waals surface area contributed by atoms with E-state index in [1.165, 1.54) is 6.20 Å². The lowest BCUT2D eigenvalue weighted by atomic mass is 10.0. The second-order valence-corrected chi connectivity index (χ2v) is 6.03. The summed E-state index contributed by atoms with van der Waals surface area (Å²) >= 11 is 0. The number of nitrogens with zero attached hydrogens (tertiary/aromatic N) is 1. The SMILES string of the molecule is CCC(C)C(C)NS(=O)(=O)c1ncccc1NC. The molecule has 0 bridgehead atoms. The third kappa shape index (κ3) is 3.43. The van der Waals surface area contributed by atoms with Crippen molar-refractivity contribution in [2.45, 2.75) is 38.3 Å². The van der Waals surface area contributed by atoms with Crippen LogP contribution < -0.4 is 10.0 Å². The lowest BCUT2D eigenvalue weighted by Crippen LogP contribution is -2.37. The molecule has 0 amide bonds. The number of hydrogen-bond acceptors (Lipinski definition) is 4. The quantitative estimate of drug-likeness (QED) is 0.828. The Morgan fingerprint density at radius 1 is 1.39 bits per heavy atom. The highest BCUT2D eigenvalue weighted by Crippen LogP contribution is 2.18. The Bertz CT molecular complexity index is 488. The fourth-order valence-corrected chi connectivity index (χ4v) is 3.06. The third-order valence-corrected chi connectivity index (χ3v) is 4.65. The van der Waals surface area contributed by atoms with E-state index in [0.717, 1.165) is 6.42 Å². The van der Waals surface area contributed by atoms with Gasteiger partial charge in [-0.15, -0.1) is 0 Å². The molecule has 2 atom stereocenters. The van der Waals surface area contributed by atoms with E-state index in [4.69, 9.17) is 0 Å². The van der Waals surface area contributed by atoms with Gasteiger partial charge in [0.05, 0.1) is 5.69 Å². The van der Waals surface area contributed by atoms with Gasteiger partial charge >= 0.3 is 0 Å². The molecule has 0 aromatic carbocycles. The van der Waals surface area contributed by atoms with Gasteiger partial charge in [0, 0.05) is 19.3 Å². The largest absolute Gasteiger partial charge is 0.386 e. The smallest absolute Gasteiger partial charge is 0.260 e. The molecule has 0 aliphatic heterocycles. The minimum Gasteiger partial charge on any atom is -0.386 e. The molecule has 0 fully saturated rings. The molecule has 0 radical (unpaired) electrons. The van der Waals surface area contributed by atoms with Crippen molar-refractivity contribution in [1.82, 2.24) is 9.71 Å². The summed E-state index contributed by atoms with van der Waals surface area (Å²) < 4.78 is 27.1. The van der Waals surface area contributed by atoms with Gasteiger partial charge in [-0.1, -0.05) is 20.3 Å². The maximum atomic E-state index is 12.2. The number of sulfonamides is 1. The molecule has 0 spiro atoms. The molecule has 102 valence electrons. The van der Waals surface area contributed by atoms with Crippen LogP contribution in [0.25, 0.3) is 0 Å². The number of hydrogen-bond donors (Lipinski definition) is 2. The number of nitrogens with one attached hydrogen (secondary N) is 2. The molecule has 0 saturated heterocycles. The average molecular weight is 271 g/mol. The van der Waals surface area contributed by atoms with E-state index in [0.29, 0.717) is 5.69 Å². The zero-order chi connectivity index (χ0) is 13.8. The van der Waals surface area contributed by atoms with Crippen molar-refractivity contribution in [3.63, 3.8) is 0 Å². The predicted octanol–water partition coefficient (Wildman–Crippen LogP) is 1.84. The van der Waals surface area contributed by atoms with Gasteiger partial charge in [-0.2, -0.15) is 0 Å². The van der Waals surface area contributed by atoms with E-state index in [2.05, 4.69) is 15.0 Å². The zero-order valence-electron chi connectivity index (χ0n) is 11.3. The summed E-state index contributed by atoms with van der Waals surface area (Å²) in [6.07, 6.45) is 2.40. The second-order valence-electron chi connectivity index (χ2n) is 4.40. The average Bonchev–Trinajstić information content (AvgIpc) is 2.37. The Morgan fingerprint density at radius 3 is 2.61 bits per heavy atom. The lowest BCUT2D eigenvalue weighted by Gasteiger charge is -2.20. The van der Waals surface area contributed by atoms with Crippen molar-refractivity contribution in [3.8, 4) is 0 Å². The van der Waals surface area contributed by atoms with Gasteiger partial charge in [-0.25, -0.2) is 18.1 Å². The molecule has 2 N–H and O–H groups in total. The third-order valence-electron chi connectivity index (χ3n) is 3.13. The van der Waals surface area contributed by atoms with E-state index in [1.807, 2.05) is 20.8 Å². The van der Waals surface area contributed by atoms with Gasteiger partial charge in [0.25, 0.3) is 10.0 Å². The first kappa shape index (κ1) is 14.9. The maximum absolute atomic E-state index is 12.2. The summed E-state index contributed by atoms with van der Waals surface area (Å²) in [7, 11) is -1.91. The number of aromatic nitrogens is 1. The number of anilines is 1. The fraction of sp³-hybridized carbons (Fsp3) is 0.583. The van der Waals surface area contributed by atoms with Crippen LogP contribution in [0.1, 0.15) is 27.2 Å². The van der Waals surface area contributed by atoms with Crippen molar-refractivity contribution >= 4 is 15.7 Å². The molecule has 1 rings (SSSR count). The monoisotopic (exact) mass is 271 g/mol. The summed E-state index contributed by atoms with van der Waals surface area (Å²) in [4.78, 5) is 3.95. The van der Waals surface area contributed by atoms with Crippen LogP contribution in [0.5, 0.6) is 0 Å². The van der Waals surface area contributed by atoms with E-state index in [-0.39, 0.29) is 17.0 Å². The van der Waals surface area contributed by atoms with Crippen LogP contribution in [0.2, 0.25) is 0 Å². The van der Waals surface area contributed by atoms with E-state index < -0.39 is 10.0 Å². The van der Waals surface area contributed by atoms with Gasteiger partial charge in [0.15, 0.2) is 5.03 Å². The number of pyridine rings is 1. The van der Waals surface area contributed by atoms with E-state index in [1.54, 1.807) is 19.2 Å². The molecule has 1 aromatic rings. The Labute approximate surface area is 109 Å². The van der Waals surface area contributed by atoms with Crippen molar-refractivity contribution in [2.75, 3.05) is 12.4 Å². The van der Waals surface area contributed by atoms with Gasteiger partial charge in [-0.05, 0) is 25.0 Å². The van der Waals surface area contributed by atoms with Crippen LogP contribution in [0.4, 0.5) is 5.69 Å². The lowest BCUT2D eigenvalue weighted by molar-refractivity contribution is 0.433. The molecular weight excluding hydrogens is 250 g/mol. The minimum atomic E-state index is -3.58. The molecule has 0 aliphatic rings. The summed E-state index contributed by atoms with van der Waals surface area (Å²) in [6, 6.07) is 3.27.